The summed E-state index contributed by atoms with van der Waals surface area (Å²) in [5.41, 5.74) is 7.36. The topological polar surface area (TPSA) is 49.7 Å². The van der Waals surface area contributed by atoms with Crippen molar-refractivity contribution in [2.45, 2.75) is 64.3 Å². The summed E-state index contributed by atoms with van der Waals surface area (Å²) in [5.74, 6) is 3.41. The Bertz CT molecular complexity index is 545. The zero-order valence-electron chi connectivity index (χ0n) is 16.5. The molecule has 0 bridgehead atoms. The predicted molar refractivity (Wildman–Crippen MR) is 107 cm³/mol. The van der Waals surface area contributed by atoms with Crippen molar-refractivity contribution >= 4 is 8.07 Å². The van der Waals surface area contributed by atoms with Gasteiger partial charge in [-0.25, -0.2) is 0 Å². The van der Waals surface area contributed by atoms with E-state index in [-0.39, 0.29) is 19.8 Å². The van der Waals surface area contributed by atoms with Crippen LogP contribution in [0, 0.1) is 11.5 Å². The molecule has 0 aliphatic heterocycles. The van der Waals surface area contributed by atoms with Crippen LogP contribution in [0.1, 0.15) is 58.8 Å². The first kappa shape index (κ1) is 21.9. The van der Waals surface area contributed by atoms with E-state index < -0.39 is 14.2 Å². The van der Waals surface area contributed by atoms with Crippen LogP contribution in [0.4, 0.5) is 0 Å². The SMILES string of the molecule is CC(C)[Si](C#Cc1ccc(C(O)COCCO)cc1)(C(C)C)C(C)C. The van der Waals surface area contributed by atoms with Crippen LogP contribution in [0.25, 0.3) is 0 Å². The van der Waals surface area contributed by atoms with E-state index in [0.717, 1.165) is 11.1 Å². The average molecular weight is 363 g/mol. The maximum atomic E-state index is 10.1. The molecule has 0 aliphatic rings. The maximum Gasteiger partial charge on any atom is 0.146 e. The van der Waals surface area contributed by atoms with Crippen molar-refractivity contribution in [1.82, 2.24) is 0 Å². The lowest BCUT2D eigenvalue weighted by atomic mass is 10.1. The molecule has 1 aromatic rings. The Morgan fingerprint density at radius 2 is 1.48 bits per heavy atom. The minimum Gasteiger partial charge on any atom is -0.394 e. The second-order valence-corrected chi connectivity index (χ2v) is 13.2. The van der Waals surface area contributed by atoms with Crippen LogP contribution in [0.5, 0.6) is 0 Å². The van der Waals surface area contributed by atoms with Gasteiger partial charge in [0.15, 0.2) is 0 Å². The lowest BCUT2D eigenvalue weighted by Gasteiger charge is -2.38. The summed E-state index contributed by atoms with van der Waals surface area (Å²) in [6.07, 6.45) is -0.677. The number of aliphatic hydroxyl groups excluding tert-OH is 2. The lowest BCUT2D eigenvalue weighted by Crippen LogP contribution is -2.43. The third-order valence-electron chi connectivity index (χ3n) is 5.10. The summed E-state index contributed by atoms with van der Waals surface area (Å²) < 4.78 is 5.18. The standard InChI is InChI=1S/C21H34O3Si/c1-16(2)25(17(3)4,18(5)6)14-11-19-7-9-20(10-8-19)21(23)15-24-13-12-22/h7-10,16-18,21-23H,12-13,15H2,1-6H3. The Hall–Kier alpha value is -1.12. The molecule has 1 unspecified atom stereocenters. The molecular weight excluding hydrogens is 328 g/mol. The highest BCUT2D eigenvalue weighted by molar-refractivity contribution is 6.90. The summed E-state index contributed by atoms with van der Waals surface area (Å²) in [6.45, 7) is 14.3. The number of aliphatic hydroxyl groups is 2. The van der Waals surface area contributed by atoms with E-state index in [4.69, 9.17) is 9.84 Å². The minimum absolute atomic E-state index is 0.0333. The molecule has 25 heavy (non-hydrogen) atoms. The number of rotatable bonds is 8. The molecule has 3 nitrogen and oxygen atoms in total. The number of ether oxygens (including phenoxy) is 1. The monoisotopic (exact) mass is 362 g/mol. The third-order valence-corrected chi connectivity index (χ3v) is 11.4. The highest BCUT2D eigenvalue weighted by atomic mass is 28.3. The van der Waals surface area contributed by atoms with Gasteiger partial charge < -0.3 is 14.9 Å². The van der Waals surface area contributed by atoms with Crippen LogP contribution in [-0.2, 0) is 4.74 Å². The van der Waals surface area contributed by atoms with E-state index in [1.54, 1.807) is 0 Å². The summed E-state index contributed by atoms with van der Waals surface area (Å²) >= 11 is 0. The van der Waals surface area contributed by atoms with Gasteiger partial charge in [0.05, 0.1) is 19.8 Å². The first-order valence-electron chi connectivity index (χ1n) is 9.25. The summed E-state index contributed by atoms with van der Waals surface area (Å²) in [4.78, 5) is 0. The molecule has 1 aromatic carbocycles. The van der Waals surface area contributed by atoms with Crippen LogP contribution in [-0.4, -0.2) is 38.1 Å². The second-order valence-electron chi connectivity index (χ2n) is 7.58. The highest BCUT2D eigenvalue weighted by Gasteiger charge is 2.41. The predicted octanol–water partition coefficient (Wildman–Crippen LogP) is 4.30. The van der Waals surface area contributed by atoms with Crippen LogP contribution in [0.15, 0.2) is 24.3 Å². The Kier molecular flexibility index (Phi) is 8.88. The summed E-state index contributed by atoms with van der Waals surface area (Å²) in [5, 5.41) is 18.8. The fraction of sp³-hybridized carbons (Fsp3) is 0.619. The largest absolute Gasteiger partial charge is 0.394 e. The van der Waals surface area contributed by atoms with Gasteiger partial charge in [-0.1, -0.05) is 59.6 Å². The summed E-state index contributed by atoms with van der Waals surface area (Å²) in [6, 6.07) is 7.75. The van der Waals surface area contributed by atoms with Gasteiger partial charge in [-0.2, -0.15) is 0 Å². The van der Waals surface area contributed by atoms with Gasteiger partial charge >= 0.3 is 0 Å². The first-order chi connectivity index (χ1) is 11.8. The molecular formula is C21H34O3Si. The molecule has 0 amide bonds. The zero-order chi connectivity index (χ0) is 19.0. The Balaban J connectivity index is 2.95. The van der Waals surface area contributed by atoms with E-state index in [2.05, 4.69) is 53.0 Å². The zero-order valence-corrected chi connectivity index (χ0v) is 17.5. The Morgan fingerprint density at radius 1 is 0.960 bits per heavy atom. The van der Waals surface area contributed by atoms with E-state index in [9.17, 15) is 5.11 Å². The third kappa shape index (κ3) is 5.69. The van der Waals surface area contributed by atoms with Crippen molar-refractivity contribution < 1.29 is 14.9 Å². The molecule has 0 saturated heterocycles. The fourth-order valence-electron chi connectivity index (χ4n) is 3.76. The van der Waals surface area contributed by atoms with Gasteiger partial charge in [0.2, 0.25) is 0 Å². The van der Waals surface area contributed by atoms with E-state index >= 15 is 0 Å². The molecule has 4 heteroatoms. The second kappa shape index (κ2) is 10.1. The molecule has 2 N–H and O–H groups in total. The molecule has 0 heterocycles. The molecule has 0 aromatic heterocycles. The Labute approximate surface area is 154 Å². The van der Waals surface area contributed by atoms with Gasteiger partial charge in [-0.15, -0.1) is 5.54 Å². The van der Waals surface area contributed by atoms with Gasteiger partial charge in [-0.05, 0) is 34.3 Å². The van der Waals surface area contributed by atoms with E-state index in [1.807, 2.05) is 24.3 Å². The smallest absolute Gasteiger partial charge is 0.146 e. The molecule has 1 atom stereocenters. The van der Waals surface area contributed by atoms with Crippen LogP contribution < -0.4 is 0 Å². The molecule has 0 saturated carbocycles. The number of hydrogen-bond donors (Lipinski definition) is 2. The quantitative estimate of drug-likeness (QED) is 0.412. The minimum atomic E-state index is -1.72. The molecule has 1 rings (SSSR count). The van der Waals surface area contributed by atoms with Crippen LogP contribution in [0.2, 0.25) is 16.6 Å². The molecule has 0 radical (unpaired) electrons. The van der Waals surface area contributed by atoms with E-state index in [0.29, 0.717) is 16.6 Å². The first-order valence-corrected chi connectivity index (χ1v) is 11.5. The fourth-order valence-corrected chi connectivity index (χ4v) is 8.98. The van der Waals surface area contributed by atoms with E-state index in [1.165, 1.54) is 0 Å². The van der Waals surface area contributed by atoms with Gasteiger partial charge in [0.25, 0.3) is 0 Å². The number of hydrogen-bond acceptors (Lipinski definition) is 3. The molecule has 0 spiro atoms. The van der Waals surface area contributed by atoms with Crippen molar-refractivity contribution in [3.05, 3.63) is 35.4 Å². The van der Waals surface area contributed by atoms with Crippen molar-refractivity contribution in [2.75, 3.05) is 19.8 Å². The van der Waals surface area contributed by atoms with Crippen molar-refractivity contribution in [3.8, 4) is 11.5 Å². The van der Waals surface area contributed by atoms with Crippen molar-refractivity contribution in [2.24, 2.45) is 0 Å². The van der Waals surface area contributed by atoms with Crippen molar-refractivity contribution in [1.29, 1.82) is 0 Å². The number of benzene rings is 1. The molecule has 140 valence electrons. The normalized spacial score (nSPS) is 13.2. The van der Waals surface area contributed by atoms with Crippen LogP contribution >= 0.6 is 0 Å². The average Bonchev–Trinajstić information content (AvgIpc) is 2.55. The highest BCUT2D eigenvalue weighted by Crippen LogP contribution is 2.40. The van der Waals surface area contributed by atoms with Crippen molar-refractivity contribution in [3.63, 3.8) is 0 Å². The summed E-state index contributed by atoms with van der Waals surface area (Å²) in [7, 11) is -1.72. The maximum absolute atomic E-state index is 10.1. The van der Waals surface area contributed by atoms with Gasteiger partial charge in [0, 0.05) is 5.56 Å². The van der Waals surface area contributed by atoms with Gasteiger partial charge in [0.1, 0.15) is 14.2 Å². The molecule has 0 fully saturated rings. The van der Waals surface area contributed by atoms with Crippen LogP contribution in [0.3, 0.4) is 0 Å². The van der Waals surface area contributed by atoms with Gasteiger partial charge in [-0.3, -0.25) is 0 Å². The lowest BCUT2D eigenvalue weighted by molar-refractivity contribution is 0.0206. The Morgan fingerprint density at radius 3 is 1.92 bits per heavy atom. The molecule has 0 aliphatic carbocycles.